The van der Waals surface area contributed by atoms with Crippen LogP contribution in [0.15, 0.2) is 231 Å². The summed E-state index contributed by atoms with van der Waals surface area (Å²) in [5.41, 5.74) is 22.2. The zero-order valence-corrected chi connectivity index (χ0v) is 36.4. The Morgan fingerprint density at radius 3 is 1.59 bits per heavy atom. The van der Waals surface area contributed by atoms with Crippen molar-refractivity contribution in [1.82, 2.24) is 0 Å². The van der Waals surface area contributed by atoms with Crippen molar-refractivity contribution in [3.63, 3.8) is 0 Å². The Labute approximate surface area is 376 Å². The minimum absolute atomic E-state index is 0.0636. The van der Waals surface area contributed by atoms with Gasteiger partial charge in [0.2, 0.25) is 0 Å². The number of rotatable bonds is 7. The SMILES string of the molecule is CC1(C)c2ccccc2-c2ccc(-c3ccc(N(c4ccc5c(c4)C(C)(c4ccccc4)c4ccccc4-5)c4ccccc4-c4cccc5cccc(-c6ccccc6)c45)cc3)cc21. The first-order chi connectivity index (χ1) is 31.4. The number of anilines is 3. The van der Waals surface area contributed by atoms with Gasteiger partial charge in [-0.2, -0.15) is 0 Å². The first-order valence-corrected chi connectivity index (χ1v) is 22.5. The summed E-state index contributed by atoms with van der Waals surface area (Å²) in [6.07, 6.45) is 0. The third-order valence-electron chi connectivity index (χ3n) is 14.4. The molecule has 1 atom stereocenters. The summed E-state index contributed by atoms with van der Waals surface area (Å²) >= 11 is 0. The smallest absolute Gasteiger partial charge is 0.0540 e. The normalized spacial score (nSPS) is 15.3. The molecule has 0 aromatic heterocycles. The van der Waals surface area contributed by atoms with Crippen LogP contribution in [0.5, 0.6) is 0 Å². The number of fused-ring (bicyclic) bond motifs is 7. The maximum atomic E-state index is 2.49. The fourth-order valence-corrected chi connectivity index (χ4v) is 11.1. The summed E-state index contributed by atoms with van der Waals surface area (Å²) in [5.74, 6) is 0. The molecule has 0 bridgehead atoms. The topological polar surface area (TPSA) is 3.24 Å². The van der Waals surface area contributed by atoms with Crippen molar-refractivity contribution in [3.05, 3.63) is 258 Å². The standard InChI is InChI=1S/C63H47N/c1-62(2)56-29-13-10-24-50(56)52-38-34-45(40-58(52)62)42-32-35-47(36-33-42)64(48-37-39-53-51-25-11-14-30-57(51)63(3,59(53)41-48)46-22-8-5-9-23-46)60-31-15-12-26-54(60)55-28-17-21-44-20-16-27-49(61(44)55)43-18-6-4-7-19-43/h4-41H,1-3H3. The first kappa shape index (κ1) is 38.0. The van der Waals surface area contributed by atoms with Crippen LogP contribution in [0.1, 0.15) is 48.6 Å². The third-order valence-corrected chi connectivity index (χ3v) is 14.4. The number of hydrogen-bond donors (Lipinski definition) is 0. The van der Waals surface area contributed by atoms with Crippen LogP contribution in [0.25, 0.3) is 66.4 Å². The highest BCUT2D eigenvalue weighted by Crippen LogP contribution is 2.55. The van der Waals surface area contributed by atoms with E-state index in [1.165, 1.54) is 94.2 Å². The molecule has 1 unspecified atom stereocenters. The van der Waals surface area contributed by atoms with E-state index < -0.39 is 0 Å². The van der Waals surface area contributed by atoms with Crippen molar-refractivity contribution in [3.8, 4) is 55.6 Å². The van der Waals surface area contributed by atoms with Gasteiger partial charge in [0, 0.05) is 27.8 Å². The van der Waals surface area contributed by atoms with Crippen LogP contribution in [0.2, 0.25) is 0 Å². The Morgan fingerprint density at radius 1 is 0.312 bits per heavy atom. The van der Waals surface area contributed by atoms with E-state index in [0.29, 0.717) is 0 Å². The van der Waals surface area contributed by atoms with Crippen molar-refractivity contribution < 1.29 is 0 Å². The summed E-state index contributed by atoms with van der Waals surface area (Å²) in [5, 5.41) is 2.47. The van der Waals surface area contributed by atoms with Crippen molar-refractivity contribution >= 4 is 27.8 Å². The van der Waals surface area contributed by atoms with Crippen LogP contribution in [0.3, 0.4) is 0 Å². The summed E-state index contributed by atoms with van der Waals surface area (Å²) < 4.78 is 0. The molecule has 0 N–H and O–H groups in total. The lowest BCUT2D eigenvalue weighted by atomic mass is 9.74. The largest absolute Gasteiger partial charge is 0.310 e. The van der Waals surface area contributed by atoms with E-state index in [2.05, 4.69) is 256 Å². The lowest BCUT2D eigenvalue weighted by Crippen LogP contribution is -2.22. The summed E-state index contributed by atoms with van der Waals surface area (Å²) in [4.78, 5) is 2.49. The number of benzene rings is 10. The summed E-state index contributed by atoms with van der Waals surface area (Å²) in [7, 11) is 0. The fourth-order valence-electron chi connectivity index (χ4n) is 11.1. The van der Waals surface area contributed by atoms with Crippen LogP contribution in [-0.4, -0.2) is 0 Å². The Balaban J connectivity index is 1.05. The van der Waals surface area contributed by atoms with Gasteiger partial charge in [0.1, 0.15) is 0 Å². The van der Waals surface area contributed by atoms with Gasteiger partial charge in [-0.05, 0) is 132 Å². The molecule has 0 amide bonds. The first-order valence-electron chi connectivity index (χ1n) is 22.5. The maximum Gasteiger partial charge on any atom is 0.0540 e. The van der Waals surface area contributed by atoms with Gasteiger partial charge >= 0.3 is 0 Å². The molecule has 0 fully saturated rings. The monoisotopic (exact) mass is 817 g/mol. The van der Waals surface area contributed by atoms with Gasteiger partial charge in [-0.15, -0.1) is 0 Å². The Kier molecular flexibility index (Phi) is 8.71. The molecule has 64 heavy (non-hydrogen) atoms. The van der Waals surface area contributed by atoms with Crippen molar-refractivity contribution in [2.45, 2.75) is 31.6 Å². The maximum absolute atomic E-state index is 2.49. The van der Waals surface area contributed by atoms with Crippen LogP contribution in [-0.2, 0) is 10.8 Å². The number of nitrogens with zero attached hydrogens (tertiary/aromatic N) is 1. The molecule has 2 aliphatic rings. The molecule has 0 saturated heterocycles. The number of para-hydroxylation sites is 1. The molecule has 10 aromatic rings. The van der Waals surface area contributed by atoms with E-state index in [4.69, 9.17) is 0 Å². The average molecular weight is 818 g/mol. The molecule has 304 valence electrons. The van der Waals surface area contributed by atoms with Gasteiger partial charge in [0.25, 0.3) is 0 Å². The summed E-state index contributed by atoms with van der Waals surface area (Å²) in [6, 6.07) is 85.5. The lowest BCUT2D eigenvalue weighted by molar-refractivity contribution is 0.660. The molecule has 0 spiro atoms. The molecule has 1 heteroatoms. The predicted octanol–water partition coefficient (Wildman–Crippen LogP) is 17.0. The van der Waals surface area contributed by atoms with Crippen molar-refractivity contribution in [2.24, 2.45) is 0 Å². The molecular weight excluding hydrogens is 771 g/mol. The minimum Gasteiger partial charge on any atom is -0.310 e. The van der Waals surface area contributed by atoms with E-state index >= 15 is 0 Å². The number of hydrogen-bond acceptors (Lipinski definition) is 1. The average Bonchev–Trinajstić information content (AvgIpc) is 3.75. The second-order valence-corrected chi connectivity index (χ2v) is 18.2. The molecule has 0 radical (unpaired) electrons. The second kappa shape index (κ2) is 14.7. The third kappa shape index (κ3) is 5.77. The highest BCUT2D eigenvalue weighted by atomic mass is 15.1. The Morgan fingerprint density at radius 2 is 0.844 bits per heavy atom. The fraction of sp³-hybridized carbons (Fsp3) is 0.0794. The molecule has 2 aliphatic carbocycles. The summed E-state index contributed by atoms with van der Waals surface area (Å²) in [6.45, 7) is 7.12. The predicted molar refractivity (Wildman–Crippen MR) is 270 cm³/mol. The van der Waals surface area contributed by atoms with Gasteiger partial charge < -0.3 is 4.90 Å². The highest BCUT2D eigenvalue weighted by Gasteiger charge is 2.41. The van der Waals surface area contributed by atoms with E-state index in [9.17, 15) is 0 Å². The Bertz CT molecular complexity index is 3410. The highest BCUT2D eigenvalue weighted by molar-refractivity contribution is 6.09. The second-order valence-electron chi connectivity index (χ2n) is 18.2. The molecule has 0 saturated carbocycles. The molecule has 0 heterocycles. The van der Waals surface area contributed by atoms with Crippen LogP contribution < -0.4 is 4.90 Å². The zero-order valence-electron chi connectivity index (χ0n) is 36.4. The van der Waals surface area contributed by atoms with E-state index in [-0.39, 0.29) is 10.8 Å². The molecule has 0 aliphatic heterocycles. The van der Waals surface area contributed by atoms with Gasteiger partial charge in [0.05, 0.1) is 5.69 Å². The van der Waals surface area contributed by atoms with Crippen LogP contribution in [0, 0.1) is 0 Å². The van der Waals surface area contributed by atoms with Crippen molar-refractivity contribution in [1.29, 1.82) is 0 Å². The van der Waals surface area contributed by atoms with Gasteiger partial charge in [-0.3, -0.25) is 0 Å². The molecule has 1 nitrogen and oxygen atoms in total. The van der Waals surface area contributed by atoms with Gasteiger partial charge in [-0.1, -0.05) is 208 Å². The van der Waals surface area contributed by atoms with E-state index in [1.807, 2.05) is 0 Å². The zero-order chi connectivity index (χ0) is 43.0. The van der Waals surface area contributed by atoms with Gasteiger partial charge in [0.15, 0.2) is 0 Å². The van der Waals surface area contributed by atoms with Crippen LogP contribution in [0.4, 0.5) is 17.1 Å². The Hall–Kier alpha value is -7.74. The van der Waals surface area contributed by atoms with E-state index in [1.54, 1.807) is 0 Å². The lowest BCUT2D eigenvalue weighted by Gasteiger charge is -2.32. The molecule has 12 rings (SSSR count). The molecule has 10 aromatic carbocycles. The van der Waals surface area contributed by atoms with Crippen molar-refractivity contribution in [2.75, 3.05) is 4.90 Å². The van der Waals surface area contributed by atoms with Gasteiger partial charge in [-0.25, -0.2) is 0 Å². The quantitative estimate of drug-likeness (QED) is 0.155. The minimum atomic E-state index is -0.334. The van der Waals surface area contributed by atoms with E-state index in [0.717, 1.165) is 17.1 Å². The molecular formula is C63H47N. The van der Waals surface area contributed by atoms with Crippen LogP contribution >= 0.6 is 0 Å².